The Morgan fingerprint density at radius 2 is 2.07 bits per heavy atom. The monoisotopic (exact) mass is 204 g/mol. The number of rotatable bonds is 2. The molecule has 78 valence electrons. The van der Waals surface area contributed by atoms with Gasteiger partial charge in [0.15, 0.2) is 6.10 Å². The molecule has 3 heteroatoms. The Balaban J connectivity index is 1.95. The fourth-order valence-electron chi connectivity index (χ4n) is 1.36. The average Bonchev–Trinajstić information content (AvgIpc) is 2.31. The van der Waals surface area contributed by atoms with Crippen molar-refractivity contribution in [1.82, 2.24) is 0 Å². The molecule has 15 heavy (non-hydrogen) atoms. The van der Waals surface area contributed by atoms with Crippen LogP contribution in [0.5, 0.6) is 5.75 Å². The predicted molar refractivity (Wildman–Crippen MR) is 55.6 cm³/mol. The first kappa shape index (κ1) is 9.93. The van der Waals surface area contributed by atoms with Crippen LogP contribution < -0.4 is 4.74 Å². The van der Waals surface area contributed by atoms with Gasteiger partial charge in [0.05, 0.1) is 6.61 Å². The summed E-state index contributed by atoms with van der Waals surface area (Å²) in [5, 5.41) is 0. The van der Waals surface area contributed by atoms with E-state index in [9.17, 15) is 4.79 Å². The Bertz CT molecular complexity index is 356. The predicted octanol–water partition coefficient (Wildman–Crippen LogP) is 1.94. The highest BCUT2D eigenvalue weighted by atomic mass is 16.6. The van der Waals surface area contributed by atoms with Crippen LogP contribution in [-0.2, 0) is 9.53 Å². The zero-order valence-electron chi connectivity index (χ0n) is 8.26. The lowest BCUT2D eigenvalue weighted by molar-refractivity contribution is -0.146. The zero-order valence-corrected chi connectivity index (χ0v) is 8.26. The summed E-state index contributed by atoms with van der Waals surface area (Å²) in [6, 6.07) is 9.01. The Kier molecular flexibility index (Phi) is 3.15. The number of ether oxygens (including phenoxy) is 2. The maximum Gasteiger partial charge on any atom is 0.340 e. The smallest absolute Gasteiger partial charge is 0.340 e. The van der Waals surface area contributed by atoms with Crippen molar-refractivity contribution in [3.8, 4) is 5.75 Å². The van der Waals surface area contributed by atoms with E-state index in [-0.39, 0.29) is 5.97 Å². The van der Waals surface area contributed by atoms with Crippen LogP contribution in [0.4, 0.5) is 0 Å². The summed E-state index contributed by atoms with van der Waals surface area (Å²) in [6.07, 6.45) is 3.95. The fourth-order valence-corrected chi connectivity index (χ4v) is 1.36. The first-order valence-corrected chi connectivity index (χ1v) is 4.89. The van der Waals surface area contributed by atoms with E-state index in [0.29, 0.717) is 18.8 Å². The lowest BCUT2D eigenvalue weighted by Crippen LogP contribution is -2.30. The zero-order chi connectivity index (χ0) is 10.5. The molecule has 0 spiro atoms. The molecule has 1 atom stereocenters. The van der Waals surface area contributed by atoms with E-state index in [2.05, 4.69) is 0 Å². The average molecular weight is 204 g/mol. The van der Waals surface area contributed by atoms with E-state index >= 15 is 0 Å². The third-order valence-electron chi connectivity index (χ3n) is 2.14. The van der Waals surface area contributed by atoms with Crippen LogP contribution in [0.2, 0.25) is 0 Å². The molecule has 2 rings (SSSR count). The summed E-state index contributed by atoms with van der Waals surface area (Å²) >= 11 is 0. The van der Waals surface area contributed by atoms with Gasteiger partial charge in [0, 0.05) is 6.42 Å². The normalized spacial score (nSPS) is 19.9. The molecular formula is C12H12O3. The minimum Gasteiger partial charge on any atom is -0.425 e. The Morgan fingerprint density at radius 3 is 2.73 bits per heavy atom. The Hall–Kier alpha value is -1.61. The van der Waals surface area contributed by atoms with E-state index in [1.54, 1.807) is 12.1 Å². The third kappa shape index (κ3) is 2.67. The molecule has 0 amide bonds. The van der Waals surface area contributed by atoms with Crippen LogP contribution in [-0.4, -0.2) is 18.7 Å². The van der Waals surface area contributed by atoms with Gasteiger partial charge >= 0.3 is 5.97 Å². The van der Waals surface area contributed by atoms with Gasteiger partial charge in [-0.2, -0.15) is 0 Å². The van der Waals surface area contributed by atoms with Crippen molar-refractivity contribution in [3.63, 3.8) is 0 Å². The molecule has 0 aliphatic carbocycles. The van der Waals surface area contributed by atoms with Gasteiger partial charge in [-0.3, -0.25) is 0 Å². The van der Waals surface area contributed by atoms with E-state index in [1.807, 2.05) is 30.4 Å². The van der Waals surface area contributed by atoms with Crippen LogP contribution in [0.1, 0.15) is 6.42 Å². The molecule has 1 heterocycles. The lowest BCUT2D eigenvalue weighted by atomic mass is 10.2. The summed E-state index contributed by atoms with van der Waals surface area (Å²) in [6.45, 7) is 0.481. The van der Waals surface area contributed by atoms with Crippen molar-refractivity contribution in [1.29, 1.82) is 0 Å². The highest BCUT2D eigenvalue weighted by Crippen LogP contribution is 2.13. The first-order chi connectivity index (χ1) is 7.36. The highest BCUT2D eigenvalue weighted by molar-refractivity contribution is 5.77. The molecule has 1 aliphatic heterocycles. The van der Waals surface area contributed by atoms with Gasteiger partial charge in [0.1, 0.15) is 5.75 Å². The highest BCUT2D eigenvalue weighted by Gasteiger charge is 2.21. The third-order valence-corrected chi connectivity index (χ3v) is 2.14. The summed E-state index contributed by atoms with van der Waals surface area (Å²) in [4.78, 5) is 11.6. The van der Waals surface area contributed by atoms with Gasteiger partial charge in [-0.25, -0.2) is 4.79 Å². The molecular weight excluding hydrogens is 192 g/mol. The summed E-state index contributed by atoms with van der Waals surface area (Å²) in [5.41, 5.74) is 0. The Morgan fingerprint density at radius 1 is 1.27 bits per heavy atom. The number of hydrogen-bond donors (Lipinski definition) is 0. The van der Waals surface area contributed by atoms with Gasteiger partial charge in [-0.05, 0) is 12.1 Å². The topological polar surface area (TPSA) is 35.5 Å². The van der Waals surface area contributed by atoms with Crippen molar-refractivity contribution < 1.29 is 14.3 Å². The van der Waals surface area contributed by atoms with Gasteiger partial charge in [-0.15, -0.1) is 0 Å². The largest absolute Gasteiger partial charge is 0.425 e. The van der Waals surface area contributed by atoms with Crippen LogP contribution in [0.25, 0.3) is 0 Å². The quantitative estimate of drug-likeness (QED) is 0.419. The maximum atomic E-state index is 11.6. The minimum atomic E-state index is -0.463. The number of benzene rings is 1. The van der Waals surface area contributed by atoms with Crippen LogP contribution in [0.15, 0.2) is 42.5 Å². The van der Waals surface area contributed by atoms with Crippen molar-refractivity contribution in [2.24, 2.45) is 0 Å². The molecule has 0 N–H and O–H groups in total. The SMILES string of the molecule is O=C(Oc1ccccc1)C1CC=CCO1. The van der Waals surface area contributed by atoms with E-state index in [1.165, 1.54) is 0 Å². The number of carbonyl (C=O) groups excluding carboxylic acids is 1. The number of carbonyl (C=O) groups is 1. The molecule has 0 fully saturated rings. The molecule has 1 aromatic rings. The van der Waals surface area contributed by atoms with Crippen LogP contribution >= 0.6 is 0 Å². The molecule has 0 aromatic heterocycles. The number of para-hydroxylation sites is 1. The van der Waals surface area contributed by atoms with Crippen molar-refractivity contribution >= 4 is 5.97 Å². The molecule has 0 radical (unpaired) electrons. The second-order valence-electron chi connectivity index (χ2n) is 3.26. The second-order valence-corrected chi connectivity index (χ2v) is 3.26. The van der Waals surface area contributed by atoms with Gasteiger partial charge in [0.25, 0.3) is 0 Å². The summed E-state index contributed by atoms with van der Waals surface area (Å²) < 4.78 is 10.4. The first-order valence-electron chi connectivity index (χ1n) is 4.89. The van der Waals surface area contributed by atoms with E-state index in [0.717, 1.165) is 0 Å². The number of esters is 1. The molecule has 0 bridgehead atoms. The standard InChI is InChI=1S/C12H12O3/c13-12(11-8-4-5-9-14-11)15-10-6-2-1-3-7-10/h1-7,11H,8-9H2. The molecule has 1 unspecified atom stereocenters. The lowest BCUT2D eigenvalue weighted by Gasteiger charge is -2.16. The minimum absolute atomic E-state index is 0.328. The van der Waals surface area contributed by atoms with Gasteiger partial charge < -0.3 is 9.47 Å². The summed E-state index contributed by atoms with van der Waals surface area (Å²) in [7, 11) is 0. The molecule has 0 saturated heterocycles. The molecule has 1 aliphatic rings. The fraction of sp³-hybridized carbons (Fsp3) is 0.250. The maximum absolute atomic E-state index is 11.6. The van der Waals surface area contributed by atoms with Crippen molar-refractivity contribution in [2.45, 2.75) is 12.5 Å². The molecule has 3 nitrogen and oxygen atoms in total. The van der Waals surface area contributed by atoms with Gasteiger partial charge in [-0.1, -0.05) is 30.4 Å². The Labute approximate surface area is 88.3 Å². The number of hydrogen-bond acceptors (Lipinski definition) is 3. The van der Waals surface area contributed by atoms with E-state index in [4.69, 9.17) is 9.47 Å². The molecule has 1 aromatic carbocycles. The van der Waals surface area contributed by atoms with Gasteiger partial charge in [0.2, 0.25) is 0 Å². The summed E-state index contributed by atoms with van der Waals surface area (Å²) in [5.74, 6) is 0.228. The van der Waals surface area contributed by atoms with Crippen molar-refractivity contribution in [3.05, 3.63) is 42.5 Å². The van der Waals surface area contributed by atoms with Crippen LogP contribution in [0.3, 0.4) is 0 Å². The van der Waals surface area contributed by atoms with Crippen molar-refractivity contribution in [2.75, 3.05) is 6.61 Å². The van der Waals surface area contributed by atoms with E-state index < -0.39 is 6.10 Å². The molecule has 0 saturated carbocycles. The van der Waals surface area contributed by atoms with Crippen LogP contribution in [0, 0.1) is 0 Å². The second kappa shape index (κ2) is 4.75.